The van der Waals surface area contributed by atoms with Gasteiger partial charge in [0.2, 0.25) is 11.0 Å². The lowest BCUT2D eigenvalue weighted by atomic mass is 10.1. The van der Waals surface area contributed by atoms with E-state index in [1.165, 1.54) is 17.1 Å². The molecule has 6 nitrogen and oxygen atoms in total. The molecule has 0 saturated carbocycles. The highest BCUT2D eigenvalue weighted by atomic mass is 32.1. The van der Waals surface area contributed by atoms with E-state index in [-0.39, 0.29) is 5.91 Å². The summed E-state index contributed by atoms with van der Waals surface area (Å²) < 4.78 is 4.54. The minimum absolute atomic E-state index is 0.0534. The van der Waals surface area contributed by atoms with Crippen molar-refractivity contribution in [2.45, 2.75) is 6.42 Å². The zero-order valence-corrected chi connectivity index (χ0v) is 18.3. The van der Waals surface area contributed by atoms with E-state index in [0.717, 1.165) is 55.7 Å². The maximum absolute atomic E-state index is 12.0. The predicted molar refractivity (Wildman–Crippen MR) is 126 cm³/mol. The minimum atomic E-state index is -0.0534. The summed E-state index contributed by atoms with van der Waals surface area (Å²) in [6.45, 7) is 5.29. The maximum atomic E-state index is 12.0. The van der Waals surface area contributed by atoms with Crippen molar-refractivity contribution in [1.82, 2.24) is 19.6 Å². The third-order valence-corrected chi connectivity index (χ3v) is 6.07. The van der Waals surface area contributed by atoms with Crippen molar-refractivity contribution in [3.63, 3.8) is 0 Å². The smallest absolute Gasteiger partial charge is 0.244 e. The summed E-state index contributed by atoms with van der Waals surface area (Å²) in [7, 11) is 0. The van der Waals surface area contributed by atoms with E-state index in [9.17, 15) is 4.79 Å². The van der Waals surface area contributed by atoms with Gasteiger partial charge in [-0.25, -0.2) is 4.98 Å². The molecule has 2 heterocycles. The molecule has 1 N–H and O–H groups in total. The highest BCUT2D eigenvalue weighted by Gasteiger charge is 2.20. The van der Waals surface area contributed by atoms with Crippen molar-refractivity contribution in [3.8, 4) is 0 Å². The number of carbonyl (C=O) groups excluding carboxylic acids is 1. The summed E-state index contributed by atoms with van der Waals surface area (Å²) in [4.78, 5) is 21.4. The zero-order valence-electron chi connectivity index (χ0n) is 17.5. The molecular weight excluding hydrogens is 406 g/mol. The van der Waals surface area contributed by atoms with Crippen LogP contribution in [0.25, 0.3) is 6.08 Å². The molecule has 1 aliphatic heterocycles. The molecule has 0 unspecified atom stereocenters. The first-order chi connectivity index (χ1) is 15.3. The van der Waals surface area contributed by atoms with Gasteiger partial charge in [0.25, 0.3) is 0 Å². The molecule has 0 bridgehead atoms. The molecule has 31 heavy (non-hydrogen) atoms. The lowest BCUT2D eigenvalue weighted by molar-refractivity contribution is -0.116. The highest BCUT2D eigenvalue weighted by Crippen LogP contribution is 2.20. The van der Waals surface area contributed by atoms with Crippen molar-refractivity contribution in [2.24, 2.45) is 0 Å². The maximum Gasteiger partial charge on any atom is 0.244 e. The average Bonchev–Trinajstić information content (AvgIpc) is 3.28. The van der Waals surface area contributed by atoms with Crippen molar-refractivity contribution < 1.29 is 4.79 Å². The number of rotatable bonds is 8. The Bertz CT molecular complexity index is 981. The van der Waals surface area contributed by atoms with Crippen molar-refractivity contribution >= 4 is 28.6 Å². The monoisotopic (exact) mass is 433 g/mol. The van der Waals surface area contributed by atoms with Crippen LogP contribution in [0.15, 0.2) is 66.7 Å². The third kappa shape index (κ3) is 6.47. The van der Waals surface area contributed by atoms with E-state index in [1.807, 2.05) is 54.6 Å². The fourth-order valence-electron chi connectivity index (χ4n) is 3.52. The largest absolute Gasteiger partial charge is 0.351 e. The van der Waals surface area contributed by atoms with Crippen LogP contribution in [-0.2, 0) is 11.2 Å². The van der Waals surface area contributed by atoms with Gasteiger partial charge < -0.3 is 10.2 Å². The van der Waals surface area contributed by atoms with E-state index in [4.69, 9.17) is 4.98 Å². The predicted octanol–water partition coefficient (Wildman–Crippen LogP) is 3.08. The summed E-state index contributed by atoms with van der Waals surface area (Å²) >= 11 is 1.48. The van der Waals surface area contributed by atoms with Crippen LogP contribution in [0, 0.1) is 0 Å². The van der Waals surface area contributed by atoms with Gasteiger partial charge >= 0.3 is 0 Å². The normalized spacial score (nSPS) is 14.8. The molecule has 1 amide bonds. The molecule has 7 heteroatoms. The van der Waals surface area contributed by atoms with Crippen LogP contribution >= 0.6 is 11.5 Å². The number of anilines is 1. The Labute approximate surface area is 187 Å². The molecule has 2 aromatic carbocycles. The second kappa shape index (κ2) is 10.8. The quantitative estimate of drug-likeness (QED) is 0.553. The summed E-state index contributed by atoms with van der Waals surface area (Å²) in [5.41, 5.74) is 2.26. The molecule has 4 rings (SSSR count). The molecule has 0 radical (unpaired) electrons. The molecule has 0 spiro atoms. The molecule has 160 valence electrons. The molecule has 0 aliphatic carbocycles. The Morgan fingerprint density at radius 2 is 1.71 bits per heavy atom. The Morgan fingerprint density at radius 1 is 1.00 bits per heavy atom. The fourth-order valence-corrected chi connectivity index (χ4v) is 4.26. The number of amides is 1. The number of hydrogen-bond donors (Lipinski definition) is 1. The number of aromatic nitrogens is 2. The van der Waals surface area contributed by atoms with Crippen LogP contribution in [0.4, 0.5) is 5.13 Å². The van der Waals surface area contributed by atoms with Crippen molar-refractivity contribution in [2.75, 3.05) is 44.2 Å². The van der Waals surface area contributed by atoms with E-state index < -0.39 is 0 Å². The number of hydrogen-bond acceptors (Lipinski definition) is 6. The summed E-state index contributed by atoms with van der Waals surface area (Å²) in [5, 5.41) is 3.97. The van der Waals surface area contributed by atoms with Gasteiger partial charge in [-0.15, -0.1) is 0 Å². The number of nitrogens with zero attached hydrogens (tertiary/aromatic N) is 4. The zero-order chi connectivity index (χ0) is 21.3. The van der Waals surface area contributed by atoms with E-state index in [2.05, 4.69) is 31.6 Å². The lowest BCUT2D eigenvalue weighted by Gasteiger charge is -2.34. The Kier molecular flexibility index (Phi) is 7.41. The van der Waals surface area contributed by atoms with Crippen LogP contribution in [0.1, 0.15) is 17.0 Å². The van der Waals surface area contributed by atoms with Gasteiger partial charge in [0.1, 0.15) is 5.82 Å². The molecular formula is C24H27N5OS. The average molecular weight is 434 g/mol. The second-order valence-corrected chi connectivity index (χ2v) is 8.25. The molecule has 0 atom stereocenters. The van der Waals surface area contributed by atoms with Gasteiger partial charge in [0, 0.05) is 63.3 Å². The van der Waals surface area contributed by atoms with Gasteiger partial charge in [0.05, 0.1) is 0 Å². The van der Waals surface area contributed by atoms with Crippen LogP contribution in [0.3, 0.4) is 0 Å². The number of piperazine rings is 1. The lowest BCUT2D eigenvalue weighted by Crippen LogP contribution is -2.48. The minimum Gasteiger partial charge on any atom is -0.351 e. The van der Waals surface area contributed by atoms with Gasteiger partial charge in [0.15, 0.2) is 0 Å². The van der Waals surface area contributed by atoms with Gasteiger partial charge in [-0.3, -0.25) is 9.69 Å². The second-order valence-electron chi connectivity index (χ2n) is 7.52. The van der Waals surface area contributed by atoms with E-state index in [0.29, 0.717) is 6.54 Å². The summed E-state index contributed by atoms with van der Waals surface area (Å²) in [6.07, 6.45) is 4.20. The SMILES string of the molecule is O=C(/C=C/c1ccccc1)NCCN1CCN(c2nc(Cc3ccccc3)ns2)CC1. The van der Waals surface area contributed by atoms with Gasteiger partial charge in [-0.1, -0.05) is 60.7 Å². The van der Waals surface area contributed by atoms with Crippen molar-refractivity contribution in [3.05, 3.63) is 83.7 Å². The molecule has 1 saturated heterocycles. The summed E-state index contributed by atoms with van der Waals surface area (Å²) in [6, 6.07) is 20.2. The Morgan fingerprint density at radius 3 is 2.45 bits per heavy atom. The van der Waals surface area contributed by atoms with Crippen LogP contribution in [-0.4, -0.2) is 59.4 Å². The molecule has 3 aromatic rings. The van der Waals surface area contributed by atoms with Crippen LogP contribution in [0.2, 0.25) is 0 Å². The number of benzene rings is 2. The number of nitrogens with one attached hydrogen (secondary N) is 1. The van der Waals surface area contributed by atoms with Crippen LogP contribution in [0.5, 0.6) is 0 Å². The third-order valence-electron chi connectivity index (χ3n) is 5.26. The van der Waals surface area contributed by atoms with E-state index >= 15 is 0 Å². The van der Waals surface area contributed by atoms with Crippen LogP contribution < -0.4 is 10.2 Å². The molecule has 1 aromatic heterocycles. The van der Waals surface area contributed by atoms with Gasteiger partial charge in [-0.2, -0.15) is 4.37 Å². The van der Waals surface area contributed by atoms with Gasteiger partial charge in [-0.05, 0) is 17.2 Å². The molecule has 1 fully saturated rings. The standard InChI is InChI=1S/C24H27N5OS/c30-23(12-11-20-7-3-1-4-8-20)25-13-14-28-15-17-29(18-16-28)24-26-22(27-31-24)19-21-9-5-2-6-10-21/h1-12H,13-19H2,(H,25,30)/b12-11+. The first kappa shape index (κ1) is 21.2. The Hall–Kier alpha value is -3.03. The number of carbonyl (C=O) groups is 1. The topological polar surface area (TPSA) is 61.4 Å². The first-order valence-electron chi connectivity index (χ1n) is 10.6. The summed E-state index contributed by atoms with van der Waals surface area (Å²) in [5.74, 6) is 0.835. The first-order valence-corrected chi connectivity index (χ1v) is 11.4. The Balaban J connectivity index is 1.16. The van der Waals surface area contributed by atoms with Crippen molar-refractivity contribution in [1.29, 1.82) is 0 Å². The highest BCUT2D eigenvalue weighted by molar-refractivity contribution is 7.09. The van der Waals surface area contributed by atoms with E-state index in [1.54, 1.807) is 6.08 Å². The molecule has 1 aliphatic rings. The fraction of sp³-hybridized carbons (Fsp3) is 0.292.